The number of H-pyrrole nitrogens is 1. The van der Waals surface area contributed by atoms with Gasteiger partial charge >= 0.3 is 5.97 Å². The number of ether oxygens (including phenoxy) is 1. The van der Waals surface area contributed by atoms with Crippen molar-refractivity contribution in [3.63, 3.8) is 0 Å². The van der Waals surface area contributed by atoms with Gasteiger partial charge < -0.3 is 15.0 Å². The van der Waals surface area contributed by atoms with Gasteiger partial charge in [-0.2, -0.15) is 0 Å². The van der Waals surface area contributed by atoms with Crippen molar-refractivity contribution in [3.05, 3.63) is 62.6 Å². The third-order valence-electron chi connectivity index (χ3n) is 4.91. The number of allylic oxidation sites excluding steroid dienone is 1. The molecule has 3 rings (SSSR count). The fourth-order valence-corrected chi connectivity index (χ4v) is 3.86. The first-order chi connectivity index (χ1) is 13.7. The van der Waals surface area contributed by atoms with Crippen LogP contribution in [-0.4, -0.2) is 28.3 Å². The minimum absolute atomic E-state index is 0.257. The molecular weight excluding hydrogens is 386 g/mol. The second kappa shape index (κ2) is 8.45. The number of aromatic amines is 1. The first-order valence-electron chi connectivity index (χ1n) is 9.69. The van der Waals surface area contributed by atoms with Gasteiger partial charge in [-0.3, -0.25) is 4.79 Å². The molecule has 7 heteroatoms. The van der Waals surface area contributed by atoms with Gasteiger partial charge in [0.2, 0.25) is 0 Å². The molecule has 0 bridgehead atoms. The minimum atomic E-state index is -0.550. The summed E-state index contributed by atoms with van der Waals surface area (Å²) < 4.78 is 5.50. The van der Waals surface area contributed by atoms with Crippen LogP contribution in [0.3, 0.4) is 0 Å². The van der Waals surface area contributed by atoms with Crippen LogP contribution in [0.2, 0.25) is 0 Å². The van der Waals surface area contributed by atoms with Crippen molar-refractivity contribution in [1.29, 1.82) is 0 Å². The lowest BCUT2D eigenvalue weighted by atomic mass is 9.81. The highest BCUT2D eigenvalue weighted by atomic mass is 32.2. The van der Waals surface area contributed by atoms with Crippen LogP contribution < -0.4 is 10.9 Å². The number of hydrogen-bond donors (Lipinski definition) is 2. The number of rotatable bonds is 5. The van der Waals surface area contributed by atoms with Gasteiger partial charge in [0.15, 0.2) is 5.16 Å². The number of carbonyl (C=O) groups excluding carboxylic acids is 1. The molecule has 1 atom stereocenters. The molecule has 0 saturated heterocycles. The van der Waals surface area contributed by atoms with Gasteiger partial charge in [-0.1, -0.05) is 49.9 Å². The van der Waals surface area contributed by atoms with E-state index in [1.165, 1.54) is 17.3 Å². The van der Waals surface area contributed by atoms with Crippen molar-refractivity contribution < 1.29 is 9.53 Å². The van der Waals surface area contributed by atoms with Gasteiger partial charge in [-0.15, -0.1) is 0 Å². The highest BCUT2D eigenvalue weighted by molar-refractivity contribution is 7.98. The van der Waals surface area contributed by atoms with E-state index in [2.05, 4.69) is 29.1 Å². The van der Waals surface area contributed by atoms with Crippen molar-refractivity contribution in [2.75, 3.05) is 11.6 Å². The predicted octanol–water partition coefficient (Wildman–Crippen LogP) is 4.40. The Bertz CT molecular complexity index is 1010. The van der Waals surface area contributed by atoms with Gasteiger partial charge in [0, 0.05) is 5.70 Å². The molecule has 2 N–H and O–H groups in total. The second-order valence-electron chi connectivity index (χ2n) is 7.71. The van der Waals surface area contributed by atoms with E-state index in [-0.39, 0.29) is 11.7 Å². The molecule has 1 aromatic heterocycles. The molecule has 0 spiro atoms. The number of anilines is 1. The average molecular weight is 414 g/mol. The first kappa shape index (κ1) is 21.2. The number of benzene rings is 1. The fourth-order valence-electron chi connectivity index (χ4n) is 3.48. The standard InChI is InChI=1S/C22H27N3O3S/c1-11(2)14-7-9-15(10-8-14)17-16(21(27)28-12(3)4)13(5)23-19-18(17)20(26)25-22(24-19)29-6/h7-12,17H,1-6H3,(H2,23,24,25,26). The maximum absolute atomic E-state index is 13.0. The Morgan fingerprint density at radius 1 is 1.17 bits per heavy atom. The molecule has 0 radical (unpaired) electrons. The van der Waals surface area contributed by atoms with Crippen molar-refractivity contribution in [2.24, 2.45) is 0 Å². The maximum Gasteiger partial charge on any atom is 0.337 e. The maximum atomic E-state index is 13.0. The molecule has 29 heavy (non-hydrogen) atoms. The van der Waals surface area contributed by atoms with Gasteiger partial charge in [-0.05, 0) is 44.1 Å². The summed E-state index contributed by atoms with van der Waals surface area (Å²) in [4.78, 5) is 33.3. The van der Waals surface area contributed by atoms with Gasteiger partial charge in [0.1, 0.15) is 5.82 Å². The Hall–Kier alpha value is -2.54. The van der Waals surface area contributed by atoms with Gasteiger partial charge in [0.05, 0.1) is 23.2 Å². The van der Waals surface area contributed by atoms with Crippen LogP contribution in [0.5, 0.6) is 0 Å². The quantitative estimate of drug-likeness (QED) is 0.429. The average Bonchev–Trinajstić information content (AvgIpc) is 2.66. The van der Waals surface area contributed by atoms with Crippen LogP contribution in [0.1, 0.15) is 63.1 Å². The zero-order chi connectivity index (χ0) is 21.3. The smallest absolute Gasteiger partial charge is 0.337 e. The zero-order valence-electron chi connectivity index (χ0n) is 17.6. The number of hydrogen-bond acceptors (Lipinski definition) is 6. The van der Waals surface area contributed by atoms with Crippen LogP contribution in [-0.2, 0) is 9.53 Å². The summed E-state index contributed by atoms with van der Waals surface area (Å²) in [6.45, 7) is 9.69. The van der Waals surface area contributed by atoms with E-state index in [1.54, 1.807) is 0 Å². The van der Waals surface area contributed by atoms with Crippen molar-refractivity contribution in [3.8, 4) is 0 Å². The SMILES string of the molecule is CSc1nc2c(c(=O)[nH]1)C(c1ccc(C(C)C)cc1)C(C(=O)OC(C)C)=C(C)N2. The topological polar surface area (TPSA) is 84.1 Å². The molecule has 1 aromatic carbocycles. The van der Waals surface area contributed by atoms with Gasteiger partial charge in [-0.25, -0.2) is 9.78 Å². The summed E-state index contributed by atoms with van der Waals surface area (Å²) in [5, 5.41) is 3.67. The molecular formula is C22H27N3O3S. The zero-order valence-corrected chi connectivity index (χ0v) is 18.4. The molecule has 6 nitrogen and oxygen atoms in total. The molecule has 2 aromatic rings. The molecule has 1 unspecified atom stereocenters. The van der Waals surface area contributed by atoms with Crippen molar-refractivity contribution >= 4 is 23.5 Å². The molecule has 1 aliphatic rings. The third kappa shape index (κ3) is 4.24. The Kier molecular flexibility index (Phi) is 6.17. The molecule has 0 aliphatic carbocycles. The van der Waals surface area contributed by atoms with Crippen LogP contribution >= 0.6 is 11.8 Å². The molecule has 0 amide bonds. The van der Waals surface area contributed by atoms with Gasteiger partial charge in [0.25, 0.3) is 5.56 Å². The van der Waals surface area contributed by atoms with Crippen molar-refractivity contribution in [1.82, 2.24) is 9.97 Å². The number of nitrogens with one attached hydrogen (secondary N) is 2. The Balaban J connectivity index is 2.21. The summed E-state index contributed by atoms with van der Waals surface area (Å²) in [5.74, 6) is -0.108. The largest absolute Gasteiger partial charge is 0.460 e. The van der Waals surface area contributed by atoms with E-state index in [0.29, 0.717) is 33.7 Å². The summed E-state index contributed by atoms with van der Waals surface area (Å²) in [6, 6.07) is 8.04. The lowest BCUT2D eigenvalue weighted by Crippen LogP contribution is -2.31. The highest BCUT2D eigenvalue weighted by Crippen LogP contribution is 2.40. The van der Waals surface area contributed by atoms with E-state index in [1.807, 2.05) is 51.3 Å². The van der Waals surface area contributed by atoms with E-state index in [0.717, 1.165) is 5.56 Å². The summed E-state index contributed by atoms with van der Waals surface area (Å²) in [7, 11) is 0. The number of carbonyl (C=O) groups is 1. The van der Waals surface area contributed by atoms with Crippen LogP contribution in [0.4, 0.5) is 5.82 Å². The molecule has 1 aliphatic heterocycles. The number of fused-ring (bicyclic) bond motifs is 1. The van der Waals surface area contributed by atoms with Crippen LogP contribution in [0.25, 0.3) is 0 Å². The highest BCUT2D eigenvalue weighted by Gasteiger charge is 2.36. The molecule has 2 heterocycles. The molecule has 0 fully saturated rings. The number of thioether (sulfide) groups is 1. The van der Waals surface area contributed by atoms with E-state index >= 15 is 0 Å². The lowest BCUT2D eigenvalue weighted by Gasteiger charge is -2.29. The third-order valence-corrected chi connectivity index (χ3v) is 5.49. The first-order valence-corrected chi connectivity index (χ1v) is 10.9. The summed E-state index contributed by atoms with van der Waals surface area (Å²) in [6.07, 6.45) is 1.59. The normalized spacial score (nSPS) is 16.1. The summed E-state index contributed by atoms with van der Waals surface area (Å²) in [5.41, 5.74) is 3.31. The Morgan fingerprint density at radius 3 is 2.38 bits per heavy atom. The monoisotopic (exact) mass is 413 g/mol. The summed E-state index contributed by atoms with van der Waals surface area (Å²) >= 11 is 1.36. The predicted molar refractivity (Wildman–Crippen MR) is 117 cm³/mol. The lowest BCUT2D eigenvalue weighted by molar-refractivity contribution is -0.143. The second-order valence-corrected chi connectivity index (χ2v) is 8.50. The molecule has 154 valence electrons. The van der Waals surface area contributed by atoms with Crippen molar-refractivity contribution in [2.45, 2.75) is 57.7 Å². The Labute approximate surface area is 175 Å². The number of nitrogens with zero attached hydrogens (tertiary/aromatic N) is 1. The fraction of sp³-hybridized carbons (Fsp3) is 0.409. The van der Waals surface area contributed by atoms with E-state index in [9.17, 15) is 9.59 Å². The van der Waals surface area contributed by atoms with Crippen LogP contribution in [0.15, 0.2) is 45.5 Å². The molecule has 0 saturated carbocycles. The minimum Gasteiger partial charge on any atom is -0.460 e. The van der Waals surface area contributed by atoms with Crippen LogP contribution in [0, 0.1) is 0 Å². The van der Waals surface area contributed by atoms with E-state index < -0.39 is 11.9 Å². The van der Waals surface area contributed by atoms with E-state index in [4.69, 9.17) is 4.74 Å². The number of aromatic nitrogens is 2. The Morgan fingerprint density at radius 2 is 1.83 bits per heavy atom. The number of esters is 1.